The van der Waals surface area contributed by atoms with Crippen LogP contribution in [0.3, 0.4) is 0 Å². The number of aromatic nitrogens is 1. The van der Waals surface area contributed by atoms with E-state index < -0.39 is 0 Å². The highest BCUT2D eigenvalue weighted by molar-refractivity contribution is 6.93. The zero-order chi connectivity index (χ0) is 26.8. The average molecular weight is 522 g/mol. The van der Waals surface area contributed by atoms with Gasteiger partial charge in [-0.15, -0.1) is 0 Å². The summed E-state index contributed by atoms with van der Waals surface area (Å²) in [5.74, 6) is 0. The molecule has 3 nitrogen and oxygen atoms in total. The maximum Gasteiger partial charge on any atom is 0.333 e. The molecule has 4 heteroatoms. The minimum atomic E-state index is -0.00479. The van der Waals surface area contributed by atoms with E-state index in [1.807, 2.05) is 6.07 Å². The summed E-state index contributed by atoms with van der Waals surface area (Å²) >= 11 is 0. The highest BCUT2D eigenvalue weighted by atomic mass is 16.3. The van der Waals surface area contributed by atoms with E-state index in [9.17, 15) is 0 Å². The molecule has 0 N–H and O–H groups in total. The third-order valence-electron chi connectivity index (χ3n) is 9.26. The summed E-state index contributed by atoms with van der Waals surface area (Å²) in [7, 11) is 0. The lowest BCUT2D eigenvalue weighted by molar-refractivity contribution is 0.669. The SMILES string of the molecule is Cc1cc2c3c4c1c1ccccc1n4-c1cc4c(cc1B3N(c1ccccc1)c1ccccc1-2)oc1ccccc14. The number of fused-ring (bicyclic) bond motifs is 11. The van der Waals surface area contributed by atoms with Crippen molar-refractivity contribution < 1.29 is 4.42 Å². The van der Waals surface area contributed by atoms with Gasteiger partial charge in [0.05, 0.1) is 11.0 Å². The van der Waals surface area contributed by atoms with Crippen LogP contribution >= 0.6 is 0 Å². The van der Waals surface area contributed by atoms with E-state index in [1.165, 1.54) is 66.5 Å². The summed E-state index contributed by atoms with van der Waals surface area (Å²) in [6.07, 6.45) is 0. The van der Waals surface area contributed by atoms with Gasteiger partial charge >= 0.3 is 6.85 Å². The van der Waals surface area contributed by atoms with E-state index in [2.05, 4.69) is 132 Å². The zero-order valence-corrected chi connectivity index (χ0v) is 22.4. The fraction of sp³-hybridized carbons (Fsp3) is 0.0270. The molecule has 0 amide bonds. The van der Waals surface area contributed by atoms with Gasteiger partial charge < -0.3 is 13.8 Å². The highest BCUT2D eigenvalue weighted by Crippen LogP contribution is 2.46. The first kappa shape index (κ1) is 21.6. The van der Waals surface area contributed by atoms with Crippen LogP contribution in [0, 0.1) is 6.92 Å². The summed E-state index contributed by atoms with van der Waals surface area (Å²) in [5.41, 5.74) is 14.6. The van der Waals surface area contributed by atoms with Gasteiger partial charge in [0, 0.05) is 44.2 Å². The minimum absolute atomic E-state index is 0.00479. The first-order valence-corrected chi connectivity index (χ1v) is 14.2. The molecule has 2 aromatic heterocycles. The van der Waals surface area contributed by atoms with Crippen LogP contribution in [0.15, 0.2) is 126 Å². The normalized spacial score (nSPS) is 13.4. The van der Waals surface area contributed by atoms with E-state index in [1.54, 1.807) is 0 Å². The Kier molecular flexibility index (Phi) is 3.95. The third-order valence-corrected chi connectivity index (χ3v) is 9.26. The molecule has 190 valence electrons. The van der Waals surface area contributed by atoms with Crippen LogP contribution in [0.25, 0.3) is 60.6 Å². The minimum Gasteiger partial charge on any atom is -0.456 e. The third kappa shape index (κ3) is 2.61. The summed E-state index contributed by atoms with van der Waals surface area (Å²) in [5, 5.41) is 4.96. The van der Waals surface area contributed by atoms with Crippen molar-refractivity contribution in [1.29, 1.82) is 0 Å². The molecule has 2 aliphatic heterocycles. The van der Waals surface area contributed by atoms with Gasteiger partial charge in [-0.05, 0) is 71.4 Å². The summed E-state index contributed by atoms with van der Waals surface area (Å²) < 4.78 is 9.02. The Morgan fingerprint density at radius 2 is 1.37 bits per heavy atom. The Bertz CT molecular complexity index is 2400. The molecule has 0 radical (unpaired) electrons. The Morgan fingerprint density at radius 1 is 0.610 bits per heavy atom. The predicted octanol–water partition coefficient (Wildman–Crippen LogP) is 8.23. The lowest BCUT2D eigenvalue weighted by Crippen LogP contribution is -2.60. The van der Waals surface area contributed by atoms with Gasteiger partial charge in [0.1, 0.15) is 11.2 Å². The van der Waals surface area contributed by atoms with Gasteiger partial charge in [-0.25, -0.2) is 0 Å². The molecule has 0 bridgehead atoms. The van der Waals surface area contributed by atoms with Crippen molar-refractivity contribution in [3.8, 4) is 16.8 Å². The number of benzene rings is 6. The molecule has 0 fully saturated rings. The average Bonchev–Trinajstić information content (AvgIpc) is 3.56. The molecule has 8 aromatic rings. The summed E-state index contributed by atoms with van der Waals surface area (Å²) in [6.45, 7) is 2.27. The molecule has 0 saturated carbocycles. The van der Waals surface area contributed by atoms with Gasteiger partial charge in [0.2, 0.25) is 0 Å². The largest absolute Gasteiger partial charge is 0.456 e. The molecule has 0 atom stereocenters. The first-order valence-electron chi connectivity index (χ1n) is 14.2. The van der Waals surface area contributed by atoms with E-state index in [0.29, 0.717) is 0 Å². The van der Waals surface area contributed by atoms with Crippen LogP contribution < -0.4 is 15.7 Å². The van der Waals surface area contributed by atoms with E-state index in [4.69, 9.17) is 4.42 Å². The molecule has 0 unspecified atom stereocenters. The molecule has 6 aromatic carbocycles. The first-order chi connectivity index (χ1) is 20.3. The van der Waals surface area contributed by atoms with Crippen molar-refractivity contribution in [2.75, 3.05) is 4.81 Å². The van der Waals surface area contributed by atoms with Gasteiger partial charge in [0.25, 0.3) is 0 Å². The smallest absolute Gasteiger partial charge is 0.333 e. The van der Waals surface area contributed by atoms with Crippen LogP contribution in [0.4, 0.5) is 11.4 Å². The number of para-hydroxylation sites is 4. The zero-order valence-electron chi connectivity index (χ0n) is 22.4. The summed E-state index contributed by atoms with van der Waals surface area (Å²) in [4.78, 5) is 2.54. The van der Waals surface area contributed by atoms with Crippen molar-refractivity contribution in [2.45, 2.75) is 6.92 Å². The maximum absolute atomic E-state index is 6.49. The number of aryl methyl sites for hydroxylation is 1. The quantitative estimate of drug-likeness (QED) is 0.203. The number of hydrogen-bond acceptors (Lipinski definition) is 2. The second-order valence-electron chi connectivity index (χ2n) is 11.4. The van der Waals surface area contributed by atoms with Crippen molar-refractivity contribution in [2.24, 2.45) is 0 Å². The summed E-state index contributed by atoms with van der Waals surface area (Å²) in [6, 6.07) is 44.1. The second-order valence-corrected chi connectivity index (χ2v) is 11.4. The van der Waals surface area contributed by atoms with Crippen LogP contribution in [-0.2, 0) is 0 Å². The standard InChI is InChI=1S/C37H23BN2O/c1-22-19-28-24-13-5-9-17-31(24)40(23-11-3-2-4-12-23)38-29-21-34-27(25-14-7-10-18-33(25)41-34)20-32(29)39-30-16-8-6-15-26(30)35(22)37(39)36(28)38/h2-21H,1H3. The molecule has 4 heterocycles. The monoisotopic (exact) mass is 522 g/mol. The van der Waals surface area contributed by atoms with E-state index in [-0.39, 0.29) is 6.85 Å². The molecule has 0 saturated heterocycles. The Labute approximate surface area is 237 Å². The molecular formula is C37H23BN2O. The lowest BCUT2D eigenvalue weighted by Gasteiger charge is -2.42. The van der Waals surface area contributed by atoms with Crippen LogP contribution in [-0.4, -0.2) is 11.4 Å². The molecule has 41 heavy (non-hydrogen) atoms. The number of rotatable bonds is 1. The fourth-order valence-electron chi connectivity index (χ4n) is 7.68. The number of anilines is 2. The maximum atomic E-state index is 6.49. The van der Waals surface area contributed by atoms with Crippen molar-refractivity contribution >= 4 is 72.9 Å². The topological polar surface area (TPSA) is 21.3 Å². The Hall–Kier alpha value is -5.22. The van der Waals surface area contributed by atoms with Crippen LogP contribution in [0.1, 0.15) is 5.56 Å². The molecule has 0 spiro atoms. The van der Waals surface area contributed by atoms with Crippen molar-refractivity contribution in [1.82, 2.24) is 4.57 Å². The number of furan rings is 1. The van der Waals surface area contributed by atoms with E-state index >= 15 is 0 Å². The van der Waals surface area contributed by atoms with Crippen LogP contribution in [0.5, 0.6) is 0 Å². The lowest BCUT2D eigenvalue weighted by atomic mass is 9.44. The van der Waals surface area contributed by atoms with Crippen molar-refractivity contribution in [3.05, 3.63) is 127 Å². The highest BCUT2D eigenvalue weighted by Gasteiger charge is 2.44. The molecule has 2 aliphatic rings. The Morgan fingerprint density at radius 3 is 2.27 bits per heavy atom. The number of nitrogens with zero attached hydrogens (tertiary/aromatic N) is 2. The van der Waals surface area contributed by atoms with Gasteiger partial charge in [-0.2, -0.15) is 0 Å². The molecule has 0 aliphatic carbocycles. The molecule has 10 rings (SSSR count). The number of hydrogen-bond donors (Lipinski definition) is 0. The predicted molar refractivity (Wildman–Crippen MR) is 172 cm³/mol. The van der Waals surface area contributed by atoms with Crippen molar-refractivity contribution in [3.63, 3.8) is 0 Å². The van der Waals surface area contributed by atoms with Gasteiger partial charge in [0.15, 0.2) is 0 Å². The van der Waals surface area contributed by atoms with Gasteiger partial charge in [-0.3, -0.25) is 0 Å². The fourth-order valence-corrected chi connectivity index (χ4v) is 7.68. The van der Waals surface area contributed by atoms with E-state index in [0.717, 1.165) is 21.9 Å². The second kappa shape index (κ2) is 7.49. The molecular weight excluding hydrogens is 499 g/mol. The van der Waals surface area contributed by atoms with Crippen LogP contribution in [0.2, 0.25) is 0 Å². The Balaban J connectivity index is 1.46. The van der Waals surface area contributed by atoms with Gasteiger partial charge in [-0.1, -0.05) is 78.9 Å².